The lowest BCUT2D eigenvalue weighted by Crippen LogP contribution is -3.00. The van der Waals surface area contributed by atoms with Gasteiger partial charge >= 0.3 is 12.1 Å². The first-order valence-electron chi connectivity index (χ1n) is 3.83. The van der Waals surface area contributed by atoms with Crippen LogP contribution in [-0.4, -0.2) is 25.2 Å². The Bertz CT molecular complexity index is 165. The lowest BCUT2D eigenvalue weighted by molar-refractivity contribution is -0.442. The Balaban J connectivity index is 0. The van der Waals surface area contributed by atoms with Crippen molar-refractivity contribution in [1.82, 2.24) is 10.7 Å². The summed E-state index contributed by atoms with van der Waals surface area (Å²) in [6, 6.07) is 0. The molecule has 0 radical (unpaired) electrons. The highest BCUT2D eigenvalue weighted by Crippen LogP contribution is 2.13. The molecule has 0 rings (SSSR count). The third kappa shape index (κ3) is 8.09. The fraction of sp³-hybridized carbons (Fsp3) is 0.833. The topological polar surface area (TPSA) is 68.8 Å². The van der Waals surface area contributed by atoms with Crippen LogP contribution < -0.4 is 29.0 Å². The van der Waals surface area contributed by atoms with E-state index in [-0.39, 0.29) is 19.0 Å². The second-order valence-corrected chi connectivity index (χ2v) is 2.46. The number of nitrogens with one attached hydrogen (secondary N) is 2. The summed E-state index contributed by atoms with van der Waals surface area (Å²) in [4.78, 5) is 10.2. The van der Waals surface area contributed by atoms with Crippen molar-refractivity contribution in [3.05, 3.63) is 0 Å². The molecule has 0 unspecified atom stereocenters. The zero-order chi connectivity index (χ0) is 10.3. The maximum absolute atomic E-state index is 11.6. The van der Waals surface area contributed by atoms with E-state index in [9.17, 15) is 18.0 Å². The zero-order valence-electron chi connectivity index (χ0n) is 7.46. The van der Waals surface area contributed by atoms with E-state index in [1.807, 2.05) is 0 Å². The van der Waals surface area contributed by atoms with E-state index >= 15 is 0 Å². The lowest BCUT2D eigenvalue weighted by Gasteiger charge is -2.06. The van der Waals surface area contributed by atoms with E-state index in [0.29, 0.717) is 19.4 Å². The van der Waals surface area contributed by atoms with Gasteiger partial charge in [-0.1, -0.05) is 0 Å². The Morgan fingerprint density at radius 1 is 1.21 bits per heavy atom. The van der Waals surface area contributed by atoms with Crippen molar-refractivity contribution in [1.29, 1.82) is 0 Å². The number of rotatable bonds is 5. The number of amides is 1. The number of carbonyl (C=O) groups is 1. The van der Waals surface area contributed by atoms with Gasteiger partial charge in [0, 0.05) is 13.1 Å². The first-order chi connectivity index (χ1) is 5.98. The van der Waals surface area contributed by atoms with Crippen molar-refractivity contribution in [2.75, 3.05) is 13.1 Å². The zero-order valence-corrected chi connectivity index (χ0v) is 8.21. The van der Waals surface area contributed by atoms with Gasteiger partial charge in [-0.3, -0.25) is 10.6 Å². The van der Waals surface area contributed by atoms with Crippen molar-refractivity contribution in [3.8, 4) is 0 Å². The first-order valence-corrected chi connectivity index (χ1v) is 3.83. The van der Waals surface area contributed by atoms with E-state index in [1.165, 1.54) is 0 Å². The van der Waals surface area contributed by atoms with Gasteiger partial charge in [0.2, 0.25) is 0 Å². The van der Waals surface area contributed by atoms with E-state index in [1.54, 1.807) is 5.32 Å². The third-order valence-electron chi connectivity index (χ3n) is 1.32. The van der Waals surface area contributed by atoms with Crippen LogP contribution in [0.5, 0.6) is 0 Å². The van der Waals surface area contributed by atoms with Gasteiger partial charge in [-0.05, 0) is 12.8 Å². The molecule has 0 spiro atoms. The van der Waals surface area contributed by atoms with E-state index < -0.39 is 12.1 Å². The summed E-state index contributed by atoms with van der Waals surface area (Å²) < 4.78 is 34.8. The highest BCUT2D eigenvalue weighted by molar-refractivity contribution is 5.81. The Kier molecular flexibility index (Phi) is 8.91. The van der Waals surface area contributed by atoms with Gasteiger partial charge in [-0.15, -0.1) is 0 Å². The molecule has 86 valence electrons. The van der Waals surface area contributed by atoms with Crippen LogP contribution in [-0.2, 0) is 4.79 Å². The first kappa shape index (κ1) is 15.9. The average molecular weight is 236 g/mol. The molecular weight excluding hydrogens is 223 g/mol. The number of hydrogen-bond donors (Lipinski definition) is 3. The normalized spacial score (nSPS) is 10.6. The number of carbonyl (C=O) groups excluding carboxylic acids is 1. The predicted molar refractivity (Wildman–Crippen MR) is 39.2 cm³/mol. The summed E-state index contributed by atoms with van der Waals surface area (Å²) in [5, 5.41) is 1.77. The summed E-state index contributed by atoms with van der Waals surface area (Å²) in [5.74, 6) is 1.46. The van der Waals surface area contributed by atoms with Gasteiger partial charge in [0.15, 0.2) is 0 Å². The van der Waals surface area contributed by atoms with Crippen molar-refractivity contribution < 1.29 is 36.2 Å². The highest BCUT2D eigenvalue weighted by Gasteiger charge is 2.37. The monoisotopic (exact) mass is 235 g/mol. The minimum Gasteiger partial charge on any atom is -1.00 e. The summed E-state index contributed by atoms with van der Waals surface area (Å²) >= 11 is 0. The summed E-state index contributed by atoms with van der Waals surface area (Å²) in [7, 11) is 0. The van der Waals surface area contributed by atoms with Crippen molar-refractivity contribution in [2.45, 2.75) is 19.0 Å². The van der Waals surface area contributed by atoms with Crippen LogP contribution in [0.1, 0.15) is 12.8 Å². The molecule has 0 saturated heterocycles. The fourth-order valence-corrected chi connectivity index (χ4v) is 0.677. The second-order valence-electron chi connectivity index (χ2n) is 2.46. The SMILES string of the molecule is [Cl-].[NH3+]NCCCCNC(=O)C(F)(F)F. The predicted octanol–water partition coefficient (Wildman–Crippen LogP) is -3.80. The number of unbranched alkanes of at least 4 members (excludes halogenated alkanes) is 1. The highest BCUT2D eigenvalue weighted by atomic mass is 35.5. The van der Waals surface area contributed by atoms with Gasteiger partial charge < -0.3 is 17.7 Å². The molecule has 8 heteroatoms. The minimum absolute atomic E-state index is 0. The molecule has 14 heavy (non-hydrogen) atoms. The van der Waals surface area contributed by atoms with Crippen LogP contribution in [0.2, 0.25) is 0 Å². The number of halogens is 4. The van der Waals surface area contributed by atoms with Crippen LogP contribution in [0.25, 0.3) is 0 Å². The van der Waals surface area contributed by atoms with Gasteiger partial charge in [0.25, 0.3) is 0 Å². The van der Waals surface area contributed by atoms with Gasteiger partial charge in [0.1, 0.15) is 0 Å². The maximum atomic E-state index is 11.6. The van der Waals surface area contributed by atoms with Crippen LogP contribution in [0, 0.1) is 0 Å². The molecule has 0 heterocycles. The minimum atomic E-state index is -4.77. The molecule has 0 aliphatic rings. The van der Waals surface area contributed by atoms with Crippen LogP contribution >= 0.6 is 0 Å². The molecule has 0 aromatic heterocycles. The Labute approximate surface area is 85.8 Å². The van der Waals surface area contributed by atoms with Gasteiger partial charge in [0.05, 0.1) is 0 Å². The molecule has 1 amide bonds. The Morgan fingerprint density at radius 3 is 2.14 bits per heavy atom. The fourth-order valence-electron chi connectivity index (χ4n) is 0.677. The van der Waals surface area contributed by atoms with Crippen LogP contribution in [0.4, 0.5) is 13.2 Å². The number of alkyl halides is 3. The molecule has 4 nitrogen and oxygen atoms in total. The van der Waals surface area contributed by atoms with Crippen LogP contribution in [0.15, 0.2) is 0 Å². The van der Waals surface area contributed by atoms with Crippen molar-refractivity contribution in [3.63, 3.8) is 0 Å². The average Bonchev–Trinajstić information content (AvgIpc) is 2.02. The van der Waals surface area contributed by atoms with Crippen molar-refractivity contribution in [2.24, 2.45) is 0 Å². The summed E-state index contributed by atoms with van der Waals surface area (Å²) in [6.07, 6.45) is -3.59. The van der Waals surface area contributed by atoms with Gasteiger partial charge in [-0.2, -0.15) is 18.6 Å². The quantitative estimate of drug-likeness (QED) is 0.338. The summed E-state index contributed by atoms with van der Waals surface area (Å²) in [5.41, 5.74) is 2.60. The number of hydrogen-bond acceptors (Lipinski definition) is 2. The second kappa shape index (κ2) is 7.84. The summed E-state index contributed by atoms with van der Waals surface area (Å²) in [6.45, 7) is 0.669. The molecule has 0 aromatic rings. The molecule has 0 aliphatic carbocycles. The maximum Gasteiger partial charge on any atom is 0.471 e. The third-order valence-corrected chi connectivity index (χ3v) is 1.32. The molecule has 0 bridgehead atoms. The van der Waals surface area contributed by atoms with Gasteiger partial charge in [-0.25, -0.2) is 0 Å². The number of quaternary nitrogens is 1. The Hall–Kier alpha value is -0.530. The largest absolute Gasteiger partial charge is 1.00 e. The molecule has 0 aliphatic heterocycles. The van der Waals surface area contributed by atoms with Crippen molar-refractivity contribution >= 4 is 5.91 Å². The smallest absolute Gasteiger partial charge is 0.471 e. The van der Waals surface area contributed by atoms with E-state index in [0.717, 1.165) is 0 Å². The van der Waals surface area contributed by atoms with E-state index in [4.69, 9.17) is 0 Å². The lowest BCUT2D eigenvalue weighted by atomic mass is 10.3. The molecule has 0 atom stereocenters. The van der Waals surface area contributed by atoms with E-state index in [2.05, 4.69) is 11.3 Å². The molecule has 0 fully saturated rings. The molecule has 0 saturated carbocycles. The molecule has 0 aromatic carbocycles. The van der Waals surface area contributed by atoms with Crippen LogP contribution in [0.3, 0.4) is 0 Å². The Morgan fingerprint density at radius 2 is 1.71 bits per heavy atom. The standard InChI is InChI=1S/C6H12F3N3O.ClH/c7-6(8,9)5(13)11-3-1-2-4-12-10;/h12H,1-4,10H2,(H,11,13);1H. The molecular formula is C6H13ClF3N3O. The molecule has 5 N–H and O–H groups in total.